The Balaban J connectivity index is 0. The molecule has 0 aromatic rings. The Morgan fingerprint density at radius 3 is 1.35 bits per heavy atom. The molecular weight excluding hydrogens is 292 g/mol. The van der Waals surface area contributed by atoms with Gasteiger partial charge < -0.3 is 18.9 Å². The van der Waals surface area contributed by atoms with Crippen LogP contribution in [0.15, 0.2) is 0 Å². The molecule has 0 rings (SSSR count). The third-order valence-corrected chi connectivity index (χ3v) is 2.70. The van der Waals surface area contributed by atoms with Crippen molar-refractivity contribution in [1.82, 2.24) is 0 Å². The molecule has 0 bridgehead atoms. The van der Waals surface area contributed by atoms with E-state index in [1.54, 1.807) is 0 Å². The quantitative estimate of drug-likeness (QED) is 0.542. The molecule has 4 heteroatoms. The molecule has 142 valence electrons. The fourth-order valence-electron chi connectivity index (χ4n) is 1.77. The highest BCUT2D eigenvalue weighted by molar-refractivity contribution is 4.56. The summed E-state index contributed by atoms with van der Waals surface area (Å²) in [6.45, 7) is 21.9. The number of ether oxygens (including phenoxy) is 4. The minimum Gasteiger partial charge on any atom is -0.376 e. The van der Waals surface area contributed by atoms with E-state index in [4.69, 9.17) is 18.9 Å². The van der Waals surface area contributed by atoms with Gasteiger partial charge in [-0.3, -0.25) is 0 Å². The molecule has 0 aromatic carbocycles. The van der Waals surface area contributed by atoms with E-state index in [2.05, 4.69) is 20.8 Å². The Hall–Kier alpha value is -0.160. The third kappa shape index (κ3) is 21.8. The SMILES string of the molecule is CC(C)OCC(C)OC(C)C.CCC(COC(C)C)OC(C)C. The first-order valence-corrected chi connectivity index (χ1v) is 9.12. The van der Waals surface area contributed by atoms with Gasteiger partial charge in [0.25, 0.3) is 0 Å². The zero-order valence-electron chi connectivity index (χ0n) is 17.2. The van der Waals surface area contributed by atoms with Gasteiger partial charge in [-0.05, 0) is 68.7 Å². The maximum atomic E-state index is 5.62. The van der Waals surface area contributed by atoms with Crippen LogP contribution >= 0.6 is 0 Å². The van der Waals surface area contributed by atoms with Crippen LogP contribution in [-0.2, 0) is 18.9 Å². The van der Waals surface area contributed by atoms with E-state index < -0.39 is 0 Å². The monoisotopic (exact) mass is 334 g/mol. The molecule has 0 aliphatic heterocycles. The maximum absolute atomic E-state index is 5.62. The van der Waals surface area contributed by atoms with E-state index in [0.29, 0.717) is 37.6 Å². The lowest BCUT2D eigenvalue weighted by atomic mass is 10.3. The Labute approximate surface area is 145 Å². The highest BCUT2D eigenvalue weighted by Crippen LogP contribution is 2.04. The molecule has 2 atom stereocenters. The normalized spacial score (nSPS) is 14.3. The van der Waals surface area contributed by atoms with Crippen LogP contribution in [-0.4, -0.2) is 49.8 Å². The lowest BCUT2D eigenvalue weighted by molar-refractivity contribution is -0.0593. The van der Waals surface area contributed by atoms with Crippen LogP contribution in [0, 0.1) is 0 Å². The summed E-state index contributed by atoms with van der Waals surface area (Å²) < 4.78 is 22.0. The van der Waals surface area contributed by atoms with Gasteiger partial charge in [0, 0.05) is 0 Å². The first kappa shape index (κ1) is 25.1. The molecule has 0 saturated heterocycles. The molecule has 0 amide bonds. The predicted octanol–water partition coefficient (Wildman–Crippen LogP) is 4.84. The molecule has 2 unspecified atom stereocenters. The summed E-state index contributed by atoms with van der Waals surface area (Å²) in [7, 11) is 0. The second-order valence-electron chi connectivity index (χ2n) is 6.97. The Bertz CT molecular complexity index is 240. The molecule has 0 aromatic heterocycles. The van der Waals surface area contributed by atoms with Gasteiger partial charge in [-0.1, -0.05) is 6.92 Å². The van der Waals surface area contributed by atoms with Crippen LogP contribution in [0.3, 0.4) is 0 Å². The minimum absolute atomic E-state index is 0.206. The van der Waals surface area contributed by atoms with Crippen LogP contribution in [0.25, 0.3) is 0 Å². The van der Waals surface area contributed by atoms with Crippen molar-refractivity contribution in [2.45, 2.75) is 112 Å². The molecule has 23 heavy (non-hydrogen) atoms. The van der Waals surface area contributed by atoms with E-state index in [9.17, 15) is 0 Å². The number of hydrogen-bond donors (Lipinski definition) is 0. The summed E-state index contributed by atoms with van der Waals surface area (Å²) in [4.78, 5) is 0. The number of hydrogen-bond acceptors (Lipinski definition) is 4. The highest BCUT2D eigenvalue weighted by atomic mass is 16.5. The van der Waals surface area contributed by atoms with Crippen LogP contribution < -0.4 is 0 Å². The Morgan fingerprint density at radius 2 is 1.00 bits per heavy atom. The highest BCUT2D eigenvalue weighted by Gasteiger charge is 2.09. The van der Waals surface area contributed by atoms with E-state index in [-0.39, 0.29) is 12.2 Å². The molecular formula is C19H42O4. The first-order valence-electron chi connectivity index (χ1n) is 9.12. The summed E-state index contributed by atoms with van der Waals surface area (Å²) in [5.41, 5.74) is 0. The molecule has 0 fully saturated rings. The van der Waals surface area contributed by atoms with Crippen molar-refractivity contribution < 1.29 is 18.9 Å². The van der Waals surface area contributed by atoms with Crippen molar-refractivity contribution in [1.29, 1.82) is 0 Å². The van der Waals surface area contributed by atoms with Crippen molar-refractivity contribution in [3.63, 3.8) is 0 Å². The summed E-state index contributed by atoms with van der Waals surface area (Å²) in [5, 5.41) is 0. The summed E-state index contributed by atoms with van der Waals surface area (Å²) in [6, 6.07) is 0. The van der Waals surface area contributed by atoms with E-state index in [1.807, 2.05) is 48.5 Å². The zero-order valence-corrected chi connectivity index (χ0v) is 17.2. The average Bonchev–Trinajstić information content (AvgIpc) is 2.40. The van der Waals surface area contributed by atoms with E-state index in [1.165, 1.54) is 0 Å². The van der Waals surface area contributed by atoms with E-state index >= 15 is 0 Å². The molecule has 0 radical (unpaired) electrons. The van der Waals surface area contributed by atoms with Gasteiger partial charge >= 0.3 is 0 Å². The van der Waals surface area contributed by atoms with Crippen molar-refractivity contribution in [3.8, 4) is 0 Å². The number of rotatable bonds is 11. The lowest BCUT2D eigenvalue weighted by Crippen LogP contribution is -2.24. The average molecular weight is 335 g/mol. The Kier molecular flexibility index (Phi) is 16.8. The molecule has 4 nitrogen and oxygen atoms in total. The summed E-state index contributed by atoms with van der Waals surface area (Å²) in [5.74, 6) is 0. The van der Waals surface area contributed by atoms with Crippen molar-refractivity contribution in [2.75, 3.05) is 13.2 Å². The van der Waals surface area contributed by atoms with Gasteiger partial charge in [-0.15, -0.1) is 0 Å². The van der Waals surface area contributed by atoms with Crippen LogP contribution in [0.5, 0.6) is 0 Å². The second-order valence-corrected chi connectivity index (χ2v) is 6.97. The van der Waals surface area contributed by atoms with Crippen LogP contribution in [0.4, 0.5) is 0 Å². The third-order valence-electron chi connectivity index (χ3n) is 2.70. The summed E-state index contributed by atoms with van der Waals surface area (Å²) in [6.07, 6.45) is 2.67. The van der Waals surface area contributed by atoms with Gasteiger partial charge in [-0.25, -0.2) is 0 Å². The lowest BCUT2D eigenvalue weighted by Gasteiger charge is -2.20. The minimum atomic E-state index is 0.206. The van der Waals surface area contributed by atoms with Crippen molar-refractivity contribution in [3.05, 3.63) is 0 Å². The molecule has 0 heterocycles. The van der Waals surface area contributed by atoms with Crippen molar-refractivity contribution in [2.24, 2.45) is 0 Å². The van der Waals surface area contributed by atoms with Gasteiger partial charge in [0.05, 0.1) is 49.8 Å². The molecule has 0 aliphatic rings. The largest absolute Gasteiger partial charge is 0.376 e. The van der Waals surface area contributed by atoms with Crippen LogP contribution in [0.2, 0.25) is 0 Å². The molecule has 0 N–H and O–H groups in total. The van der Waals surface area contributed by atoms with Gasteiger partial charge in [-0.2, -0.15) is 0 Å². The topological polar surface area (TPSA) is 36.9 Å². The predicted molar refractivity (Wildman–Crippen MR) is 98.2 cm³/mol. The fourth-order valence-corrected chi connectivity index (χ4v) is 1.77. The van der Waals surface area contributed by atoms with Crippen molar-refractivity contribution >= 4 is 0 Å². The maximum Gasteiger partial charge on any atom is 0.0809 e. The molecule has 0 spiro atoms. The van der Waals surface area contributed by atoms with Gasteiger partial charge in [0.2, 0.25) is 0 Å². The second kappa shape index (κ2) is 15.4. The zero-order chi connectivity index (χ0) is 18.4. The summed E-state index contributed by atoms with van der Waals surface area (Å²) >= 11 is 0. The molecule has 0 aliphatic carbocycles. The smallest absolute Gasteiger partial charge is 0.0809 e. The standard InChI is InChI=1S/C10H22O2.C9H20O2/c1-6-10(12-9(4)5)7-11-8(2)3;1-7(2)10-6-9(5)11-8(3)4/h8-10H,6-7H2,1-5H3;7-9H,6H2,1-5H3. The fraction of sp³-hybridized carbons (Fsp3) is 1.00. The Morgan fingerprint density at radius 1 is 0.565 bits per heavy atom. The van der Waals surface area contributed by atoms with E-state index in [0.717, 1.165) is 6.42 Å². The van der Waals surface area contributed by atoms with Gasteiger partial charge in [0.1, 0.15) is 0 Å². The molecule has 0 saturated carbocycles. The van der Waals surface area contributed by atoms with Crippen LogP contribution in [0.1, 0.15) is 75.7 Å². The van der Waals surface area contributed by atoms with Gasteiger partial charge in [0.15, 0.2) is 0 Å². The first-order chi connectivity index (χ1) is 10.6.